The second-order valence-electron chi connectivity index (χ2n) is 9.03. The van der Waals surface area contributed by atoms with E-state index in [1.54, 1.807) is 29.9 Å². The molecule has 182 valence electrons. The first-order valence-electron chi connectivity index (χ1n) is 11.4. The molecule has 5 rings (SSSR count). The Morgan fingerprint density at radius 3 is 2.72 bits per heavy atom. The van der Waals surface area contributed by atoms with E-state index < -0.39 is 5.82 Å². The molecule has 0 fully saturated rings. The standard InChI is InChI=1S/C27H26FN7S/c1-15(2)21-5-6-22(36-21)27-26-20(7-8-31-27)33-23(34-26)10-18-19(29)13-32-25(24(18)28)17-9-16(11-30-12-17)14-35(3)4/h5-9,11-13H,1,10,14,29H2,2-4H3,(H,33,34). The Bertz CT molecular complexity index is 1580. The summed E-state index contributed by atoms with van der Waals surface area (Å²) < 4.78 is 15.7. The quantitative estimate of drug-likeness (QED) is 0.305. The monoisotopic (exact) mass is 499 g/mol. The smallest absolute Gasteiger partial charge is 0.155 e. The van der Waals surface area contributed by atoms with Gasteiger partial charge in [0.1, 0.15) is 22.7 Å². The van der Waals surface area contributed by atoms with Crippen LogP contribution in [-0.2, 0) is 13.0 Å². The Labute approximate surface area is 212 Å². The molecular formula is C27H26FN7S. The maximum Gasteiger partial charge on any atom is 0.155 e. The number of fused-ring (bicyclic) bond motifs is 1. The van der Waals surface area contributed by atoms with Gasteiger partial charge in [0.25, 0.3) is 0 Å². The summed E-state index contributed by atoms with van der Waals surface area (Å²) in [6, 6.07) is 7.82. The van der Waals surface area contributed by atoms with Crippen LogP contribution in [-0.4, -0.2) is 43.9 Å². The third-order valence-electron chi connectivity index (χ3n) is 5.78. The lowest BCUT2D eigenvalue weighted by Crippen LogP contribution is -2.11. The van der Waals surface area contributed by atoms with Crippen LogP contribution in [0.5, 0.6) is 0 Å². The fourth-order valence-corrected chi connectivity index (χ4v) is 5.03. The van der Waals surface area contributed by atoms with Crippen molar-refractivity contribution in [2.75, 3.05) is 19.8 Å². The molecule has 36 heavy (non-hydrogen) atoms. The van der Waals surface area contributed by atoms with Gasteiger partial charge >= 0.3 is 0 Å². The average Bonchev–Trinajstić information content (AvgIpc) is 3.49. The van der Waals surface area contributed by atoms with Crippen LogP contribution in [0.1, 0.15) is 28.8 Å². The van der Waals surface area contributed by atoms with E-state index in [1.165, 1.54) is 6.20 Å². The van der Waals surface area contributed by atoms with Crippen molar-refractivity contribution in [3.8, 4) is 21.8 Å². The SMILES string of the molecule is C=C(C)c1ccc(-c2nccc3[nH]c(Cc4c(N)cnc(-c5cncc(CN(C)C)c5)c4F)nc23)s1. The lowest BCUT2D eigenvalue weighted by atomic mass is 10.0. The van der Waals surface area contributed by atoms with Crippen LogP contribution in [0.15, 0.2) is 55.6 Å². The number of pyridine rings is 3. The van der Waals surface area contributed by atoms with Gasteiger partial charge in [0.05, 0.1) is 22.3 Å². The second-order valence-corrected chi connectivity index (χ2v) is 10.1. The highest BCUT2D eigenvalue weighted by atomic mass is 32.1. The molecule has 0 spiro atoms. The highest BCUT2D eigenvalue weighted by Crippen LogP contribution is 2.34. The Morgan fingerprint density at radius 2 is 1.97 bits per heavy atom. The van der Waals surface area contributed by atoms with Gasteiger partial charge in [0, 0.05) is 47.6 Å². The van der Waals surface area contributed by atoms with E-state index >= 15 is 4.39 Å². The van der Waals surface area contributed by atoms with Gasteiger partial charge in [-0.25, -0.2) is 9.37 Å². The van der Waals surface area contributed by atoms with Crippen LogP contribution in [0.25, 0.3) is 38.4 Å². The molecule has 0 aliphatic heterocycles. The number of anilines is 1. The van der Waals surface area contributed by atoms with Crippen molar-refractivity contribution in [3.63, 3.8) is 0 Å². The van der Waals surface area contributed by atoms with Crippen molar-refractivity contribution in [3.05, 3.63) is 83.3 Å². The molecule has 0 saturated carbocycles. The zero-order chi connectivity index (χ0) is 25.4. The molecule has 0 saturated heterocycles. The number of nitrogens with one attached hydrogen (secondary N) is 1. The number of hydrogen-bond donors (Lipinski definition) is 2. The number of aromatic amines is 1. The number of nitrogens with zero attached hydrogens (tertiary/aromatic N) is 5. The molecule has 5 aromatic rings. The predicted molar refractivity (Wildman–Crippen MR) is 144 cm³/mol. The lowest BCUT2D eigenvalue weighted by Gasteiger charge is -2.12. The van der Waals surface area contributed by atoms with Gasteiger partial charge in [-0.05, 0) is 56.4 Å². The zero-order valence-corrected chi connectivity index (χ0v) is 21.2. The fourth-order valence-electron chi connectivity index (χ4n) is 4.10. The Morgan fingerprint density at radius 1 is 1.14 bits per heavy atom. The van der Waals surface area contributed by atoms with Crippen LogP contribution >= 0.6 is 11.3 Å². The van der Waals surface area contributed by atoms with Gasteiger partial charge in [-0.1, -0.05) is 6.58 Å². The molecular weight excluding hydrogens is 473 g/mol. The van der Waals surface area contributed by atoms with Crippen molar-refractivity contribution in [2.24, 2.45) is 0 Å². The summed E-state index contributed by atoms with van der Waals surface area (Å²) in [4.78, 5) is 25.3. The van der Waals surface area contributed by atoms with Crippen LogP contribution in [0.3, 0.4) is 0 Å². The molecule has 0 amide bonds. The number of rotatable bonds is 7. The molecule has 0 bridgehead atoms. The Kier molecular flexibility index (Phi) is 6.34. The summed E-state index contributed by atoms with van der Waals surface area (Å²) in [5, 5.41) is 0. The molecule has 0 aliphatic carbocycles. The van der Waals surface area contributed by atoms with Crippen LogP contribution in [0.4, 0.5) is 10.1 Å². The topological polar surface area (TPSA) is 96.6 Å². The minimum absolute atomic E-state index is 0.188. The van der Waals surface area contributed by atoms with Crippen molar-refractivity contribution in [1.29, 1.82) is 0 Å². The van der Waals surface area contributed by atoms with Crippen molar-refractivity contribution >= 4 is 33.6 Å². The number of H-pyrrole nitrogens is 1. The first-order valence-corrected chi connectivity index (χ1v) is 12.2. The maximum absolute atomic E-state index is 15.7. The number of imidazole rings is 1. The number of thiophene rings is 1. The van der Waals surface area contributed by atoms with E-state index in [9.17, 15) is 0 Å². The van der Waals surface area contributed by atoms with E-state index in [4.69, 9.17) is 10.7 Å². The normalized spacial score (nSPS) is 11.5. The molecule has 7 nitrogen and oxygen atoms in total. The van der Waals surface area contributed by atoms with Crippen LogP contribution < -0.4 is 5.73 Å². The number of halogens is 1. The van der Waals surface area contributed by atoms with Crippen LogP contribution in [0.2, 0.25) is 0 Å². The van der Waals surface area contributed by atoms with Crippen LogP contribution in [0, 0.1) is 5.82 Å². The zero-order valence-electron chi connectivity index (χ0n) is 20.3. The van der Waals surface area contributed by atoms with Gasteiger partial charge in [0.2, 0.25) is 0 Å². The first kappa shape index (κ1) is 23.8. The highest BCUT2D eigenvalue weighted by Gasteiger charge is 2.19. The molecule has 9 heteroatoms. The number of hydrogen-bond acceptors (Lipinski definition) is 7. The largest absolute Gasteiger partial charge is 0.397 e. The van der Waals surface area contributed by atoms with Crippen molar-refractivity contribution in [2.45, 2.75) is 19.9 Å². The van der Waals surface area contributed by atoms with E-state index in [-0.39, 0.29) is 17.8 Å². The van der Waals surface area contributed by atoms with Crippen molar-refractivity contribution in [1.82, 2.24) is 29.8 Å². The molecule has 5 aromatic heterocycles. The molecule has 3 N–H and O–H groups in total. The summed E-state index contributed by atoms with van der Waals surface area (Å²) in [7, 11) is 3.94. The number of nitrogen functional groups attached to an aromatic ring is 1. The summed E-state index contributed by atoms with van der Waals surface area (Å²) >= 11 is 1.62. The summed E-state index contributed by atoms with van der Waals surface area (Å²) in [6.45, 7) is 6.69. The molecule has 0 atom stereocenters. The van der Waals surface area contributed by atoms with Gasteiger partial charge in [-0.3, -0.25) is 15.0 Å². The number of aromatic nitrogens is 5. The fraction of sp³-hybridized carbons (Fsp3) is 0.185. The average molecular weight is 500 g/mol. The lowest BCUT2D eigenvalue weighted by molar-refractivity contribution is 0.402. The van der Waals surface area contributed by atoms with Crippen molar-refractivity contribution < 1.29 is 4.39 Å². The van der Waals surface area contributed by atoms with E-state index in [0.717, 1.165) is 37.6 Å². The molecule has 0 radical (unpaired) electrons. The highest BCUT2D eigenvalue weighted by molar-refractivity contribution is 7.16. The summed E-state index contributed by atoms with van der Waals surface area (Å²) in [5.74, 6) is 0.125. The number of nitrogens with two attached hydrogens (primary N) is 1. The minimum atomic E-state index is -0.470. The maximum atomic E-state index is 15.7. The predicted octanol–water partition coefficient (Wildman–Crippen LogP) is 5.55. The molecule has 0 unspecified atom stereocenters. The van der Waals surface area contributed by atoms with Gasteiger partial charge in [0.15, 0.2) is 5.82 Å². The molecule has 5 heterocycles. The third-order valence-corrected chi connectivity index (χ3v) is 7.03. The van der Waals surface area contributed by atoms with E-state index in [1.807, 2.05) is 50.2 Å². The third kappa shape index (κ3) is 4.62. The minimum Gasteiger partial charge on any atom is -0.397 e. The Hall–Kier alpha value is -3.95. The van der Waals surface area contributed by atoms with E-state index in [0.29, 0.717) is 23.5 Å². The van der Waals surface area contributed by atoms with Gasteiger partial charge < -0.3 is 15.6 Å². The molecule has 0 aromatic carbocycles. The first-order chi connectivity index (χ1) is 17.3. The number of allylic oxidation sites excluding steroid dienone is 1. The summed E-state index contributed by atoms with van der Waals surface area (Å²) in [5.41, 5.74) is 11.9. The molecule has 0 aliphatic rings. The Balaban J connectivity index is 1.51. The van der Waals surface area contributed by atoms with Gasteiger partial charge in [-0.2, -0.15) is 0 Å². The van der Waals surface area contributed by atoms with E-state index in [2.05, 4.69) is 26.5 Å². The second kappa shape index (κ2) is 9.60. The summed E-state index contributed by atoms with van der Waals surface area (Å²) in [6.07, 6.45) is 6.81. The van der Waals surface area contributed by atoms with Gasteiger partial charge in [-0.15, -0.1) is 11.3 Å².